The lowest BCUT2D eigenvalue weighted by Crippen LogP contribution is -2.10. The summed E-state index contributed by atoms with van der Waals surface area (Å²) < 4.78 is 43.2. The molecule has 1 aromatic rings. The van der Waals surface area contributed by atoms with Crippen LogP contribution in [-0.2, 0) is 6.18 Å². The van der Waals surface area contributed by atoms with Gasteiger partial charge in [0.1, 0.15) is 5.75 Å². The number of ether oxygens (including phenoxy) is 1. The number of benzene rings is 1. The quantitative estimate of drug-likeness (QED) is 0.861. The molecule has 0 heterocycles. The number of alkyl halides is 3. The van der Waals surface area contributed by atoms with E-state index in [2.05, 4.69) is 5.32 Å². The Labute approximate surface area is 91.4 Å². The summed E-state index contributed by atoms with van der Waals surface area (Å²) >= 11 is 0. The molecule has 5 heteroatoms. The van der Waals surface area contributed by atoms with Crippen molar-refractivity contribution >= 4 is 5.69 Å². The van der Waals surface area contributed by atoms with Crippen LogP contribution in [-0.4, -0.2) is 13.2 Å². The lowest BCUT2D eigenvalue weighted by molar-refractivity contribution is -0.139. The summed E-state index contributed by atoms with van der Waals surface area (Å²) in [5, 5.41) is 2.79. The van der Waals surface area contributed by atoms with Gasteiger partial charge in [0.25, 0.3) is 0 Å². The first-order valence-corrected chi connectivity index (χ1v) is 5.06. The van der Waals surface area contributed by atoms with Crippen LogP contribution in [0.5, 0.6) is 5.75 Å². The lowest BCUT2D eigenvalue weighted by atomic mass is 10.1. The van der Waals surface area contributed by atoms with Crippen LogP contribution in [0.3, 0.4) is 0 Å². The van der Waals surface area contributed by atoms with E-state index >= 15 is 0 Å². The van der Waals surface area contributed by atoms with Gasteiger partial charge in [0.05, 0.1) is 11.7 Å². The fraction of sp³-hybridized carbons (Fsp3) is 0.455. The van der Waals surface area contributed by atoms with Crippen molar-refractivity contribution in [1.29, 1.82) is 0 Å². The van der Waals surface area contributed by atoms with Crippen molar-refractivity contribution in [1.82, 2.24) is 0 Å². The monoisotopic (exact) mass is 231 g/mol. The Bertz CT molecular complexity index is 385. The summed E-state index contributed by atoms with van der Waals surface area (Å²) in [5.41, 5.74) is -0.0953. The molecule has 1 aromatic carbocycles. The Morgan fingerprint density at radius 1 is 1.31 bits per heavy atom. The van der Waals surface area contributed by atoms with E-state index in [-0.39, 0.29) is 11.9 Å². The predicted octanol–water partition coefficient (Wildman–Crippen LogP) is 3.29. The third-order valence-electron chi connectivity index (χ3n) is 2.39. The Morgan fingerprint density at radius 2 is 2.00 bits per heavy atom. The zero-order valence-corrected chi connectivity index (χ0v) is 8.77. The Hall–Kier alpha value is -1.39. The molecule has 0 aliphatic heterocycles. The van der Waals surface area contributed by atoms with Crippen molar-refractivity contribution in [2.24, 2.45) is 0 Å². The molecule has 1 fully saturated rings. The number of hydrogen-bond donors (Lipinski definition) is 1. The zero-order chi connectivity index (χ0) is 11.8. The van der Waals surface area contributed by atoms with Gasteiger partial charge in [-0.1, -0.05) is 0 Å². The maximum absolute atomic E-state index is 12.7. The van der Waals surface area contributed by atoms with Crippen molar-refractivity contribution in [3.05, 3.63) is 23.8 Å². The van der Waals surface area contributed by atoms with Crippen molar-refractivity contribution in [3.8, 4) is 5.75 Å². The molecule has 0 atom stereocenters. The number of hydrogen-bond acceptors (Lipinski definition) is 2. The molecule has 2 nitrogen and oxygen atoms in total. The molecule has 0 unspecified atom stereocenters. The van der Waals surface area contributed by atoms with Gasteiger partial charge in [0.15, 0.2) is 0 Å². The minimum absolute atomic E-state index is 0.0480. The molecule has 0 bridgehead atoms. The molecule has 16 heavy (non-hydrogen) atoms. The van der Waals surface area contributed by atoms with E-state index in [1.807, 2.05) is 0 Å². The van der Waals surface area contributed by atoms with Crippen molar-refractivity contribution < 1.29 is 17.9 Å². The van der Waals surface area contributed by atoms with Gasteiger partial charge in [-0.25, -0.2) is 0 Å². The fourth-order valence-corrected chi connectivity index (χ4v) is 1.37. The van der Waals surface area contributed by atoms with E-state index in [9.17, 15) is 13.2 Å². The standard InChI is InChI=1S/C11H12F3NO/c1-15-7-2-5-9(11(12,13)14)10(6-7)16-8-3-4-8/h2,5-6,8,15H,3-4H2,1H3. The van der Waals surface area contributed by atoms with Crippen LogP contribution in [0.4, 0.5) is 18.9 Å². The minimum Gasteiger partial charge on any atom is -0.490 e. The molecule has 0 saturated heterocycles. The van der Waals surface area contributed by atoms with Crippen LogP contribution in [0.15, 0.2) is 18.2 Å². The van der Waals surface area contributed by atoms with Crippen LogP contribution in [0, 0.1) is 0 Å². The zero-order valence-electron chi connectivity index (χ0n) is 8.77. The molecule has 2 rings (SSSR count). The Morgan fingerprint density at radius 3 is 2.50 bits per heavy atom. The van der Waals surface area contributed by atoms with Crippen molar-refractivity contribution in [2.45, 2.75) is 25.1 Å². The second kappa shape index (κ2) is 3.88. The minimum atomic E-state index is -4.36. The van der Waals surface area contributed by atoms with E-state index in [1.54, 1.807) is 7.05 Å². The summed E-state index contributed by atoms with van der Waals surface area (Å²) in [6.07, 6.45) is -2.74. The molecule has 0 aromatic heterocycles. The van der Waals surface area contributed by atoms with Gasteiger partial charge >= 0.3 is 6.18 Å². The maximum Gasteiger partial charge on any atom is 0.419 e. The summed E-state index contributed by atoms with van der Waals surface area (Å²) in [6.45, 7) is 0. The predicted molar refractivity (Wildman–Crippen MR) is 54.6 cm³/mol. The van der Waals surface area contributed by atoms with Crippen LogP contribution in [0.25, 0.3) is 0 Å². The molecule has 1 aliphatic carbocycles. The molecular formula is C11H12F3NO. The second-order valence-electron chi connectivity index (χ2n) is 3.78. The molecule has 1 saturated carbocycles. The molecule has 1 aliphatic rings. The summed E-state index contributed by atoms with van der Waals surface area (Å²) in [4.78, 5) is 0. The van der Waals surface area contributed by atoms with Crippen molar-refractivity contribution in [3.63, 3.8) is 0 Å². The fourth-order valence-electron chi connectivity index (χ4n) is 1.37. The van der Waals surface area contributed by atoms with Gasteiger partial charge in [-0.15, -0.1) is 0 Å². The highest BCUT2D eigenvalue weighted by Gasteiger charge is 2.36. The average Bonchev–Trinajstić information content (AvgIpc) is 3.00. The highest BCUT2D eigenvalue weighted by atomic mass is 19.4. The third kappa shape index (κ3) is 2.40. The third-order valence-corrected chi connectivity index (χ3v) is 2.39. The van der Waals surface area contributed by atoms with Gasteiger partial charge in [-0.05, 0) is 25.0 Å². The Balaban J connectivity index is 2.33. The molecule has 0 amide bonds. The number of nitrogens with one attached hydrogen (secondary N) is 1. The van der Waals surface area contributed by atoms with Gasteiger partial charge < -0.3 is 10.1 Å². The van der Waals surface area contributed by atoms with E-state index in [4.69, 9.17) is 4.74 Å². The Kier molecular flexibility index (Phi) is 2.69. The number of rotatable bonds is 3. The molecule has 0 spiro atoms. The van der Waals surface area contributed by atoms with Crippen LogP contribution >= 0.6 is 0 Å². The van der Waals surface area contributed by atoms with Gasteiger partial charge in [-0.2, -0.15) is 13.2 Å². The summed E-state index contributed by atoms with van der Waals surface area (Å²) in [5.74, 6) is -0.0816. The number of anilines is 1. The molecule has 88 valence electrons. The molecule has 0 radical (unpaired) electrons. The molecule has 1 N–H and O–H groups in total. The number of halogens is 3. The summed E-state index contributed by atoms with van der Waals surface area (Å²) in [7, 11) is 1.66. The normalized spacial score (nSPS) is 16.0. The van der Waals surface area contributed by atoms with Gasteiger partial charge in [-0.3, -0.25) is 0 Å². The van der Waals surface area contributed by atoms with E-state index in [1.165, 1.54) is 12.1 Å². The topological polar surface area (TPSA) is 21.3 Å². The first kappa shape index (κ1) is 11.1. The lowest BCUT2D eigenvalue weighted by Gasteiger charge is -2.14. The summed E-state index contributed by atoms with van der Waals surface area (Å²) in [6, 6.07) is 3.83. The first-order valence-electron chi connectivity index (χ1n) is 5.06. The SMILES string of the molecule is CNc1ccc(C(F)(F)F)c(OC2CC2)c1. The highest BCUT2D eigenvalue weighted by molar-refractivity contribution is 5.52. The van der Waals surface area contributed by atoms with Gasteiger partial charge in [0, 0.05) is 18.8 Å². The second-order valence-corrected chi connectivity index (χ2v) is 3.78. The van der Waals surface area contributed by atoms with Crippen LogP contribution in [0.2, 0.25) is 0 Å². The van der Waals surface area contributed by atoms with E-state index in [0.29, 0.717) is 5.69 Å². The largest absolute Gasteiger partial charge is 0.490 e. The maximum atomic E-state index is 12.7. The average molecular weight is 231 g/mol. The molecular weight excluding hydrogens is 219 g/mol. The van der Waals surface area contributed by atoms with E-state index in [0.717, 1.165) is 18.9 Å². The van der Waals surface area contributed by atoms with E-state index < -0.39 is 11.7 Å². The smallest absolute Gasteiger partial charge is 0.419 e. The van der Waals surface area contributed by atoms with Gasteiger partial charge in [0.2, 0.25) is 0 Å². The van der Waals surface area contributed by atoms with Crippen molar-refractivity contribution in [2.75, 3.05) is 12.4 Å². The van der Waals surface area contributed by atoms with Crippen LogP contribution in [0.1, 0.15) is 18.4 Å². The van der Waals surface area contributed by atoms with Crippen LogP contribution < -0.4 is 10.1 Å². The highest BCUT2D eigenvalue weighted by Crippen LogP contribution is 2.40. The first-order chi connectivity index (χ1) is 7.50.